The van der Waals surface area contributed by atoms with Gasteiger partial charge in [0, 0.05) is 12.4 Å². The van der Waals surface area contributed by atoms with Crippen LogP contribution < -0.4 is 34.7 Å². The number of aliphatic carboxylic acids is 1. The second-order valence-electron chi connectivity index (χ2n) is 7.19. The van der Waals surface area contributed by atoms with Gasteiger partial charge >= 0.3 is 35.5 Å². The minimum Gasteiger partial charge on any atom is -0.550 e. The molecule has 0 saturated heterocycles. The SMILES string of the molecule is C=CCOC(=O)C(CCCCCCCCCCCCC)(CC(=O)[O-])S(=O)(=O)O.[Na+]. The van der Waals surface area contributed by atoms with Crippen molar-refractivity contribution < 1.29 is 62.0 Å². The Balaban J connectivity index is 0. The molecule has 29 heavy (non-hydrogen) atoms. The fourth-order valence-electron chi connectivity index (χ4n) is 3.16. The Hall–Kier alpha value is -0.410. The van der Waals surface area contributed by atoms with Gasteiger partial charge in [0.25, 0.3) is 10.1 Å². The summed E-state index contributed by atoms with van der Waals surface area (Å²) < 4.78 is 35.5. The summed E-state index contributed by atoms with van der Waals surface area (Å²) in [6.45, 7) is 5.26. The number of unbranched alkanes of at least 4 members (excludes halogenated alkanes) is 10. The fourth-order valence-corrected chi connectivity index (χ4v) is 4.13. The van der Waals surface area contributed by atoms with E-state index in [2.05, 4.69) is 13.5 Å². The minimum absolute atomic E-state index is 0. The topological polar surface area (TPSA) is 121 Å². The number of esters is 1. The average molecular weight is 443 g/mol. The number of carboxylic acid groups (broad SMARTS) is 1. The van der Waals surface area contributed by atoms with Crippen molar-refractivity contribution in [3.05, 3.63) is 12.7 Å². The van der Waals surface area contributed by atoms with Crippen molar-refractivity contribution in [2.75, 3.05) is 6.61 Å². The van der Waals surface area contributed by atoms with Gasteiger partial charge in [-0.3, -0.25) is 9.35 Å². The number of carbonyl (C=O) groups is 2. The molecule has 0 amide bonds. The zero-order valence-electron chi connectivity index (χ0n) is 18.0. The first kappa shape index (κ1) is 30.8. The van der Waals surface area contributed by atoms with Crippen molar-refractivity contribution in [1.82, 2.24) is 0 Å². The third kappa shape index (κ3) is 12.8. The number of carboxylic acids is 1. The van der Waals surface area contributed by atoms with Crippen LogP contribution in [0.1, 0.15) is 90.4 Å². The number of ether oxygens (including phenoxy) is 1. The van der Waals surface area contributed by atoms with Crippen LogP contribution >= 0.6 is 0 Å². The summed E-state index contributed by atoms with van der Waals surface area (Å²) in [5.41, 5.74) is 0. The van der Waals surface area contributed by atoms with Crippen LogP contribution in [-0.4, -0.2) is 36.3 Å². The Morgan fingerprint density at radius 1 is 1.00 bits per heavy atom. The van der Waals surface area contributed by atoms with Gasteiger partial charge in [-0.2, -0.15) is 8.42 Å². The Morgan fingerprint density at radius 2 is 1.45 bits per heavy atom. The van der Waals surface area contributed by atoms with E-state index >= 15 is 0 Å². The van der Waals surface area contributed by atoms with Crippen LogP contribution in [0.2, 0.25) is 0 Å². The summed E-state index contributed by atoms with van der Waals surface area (Å²) in [5.74, 6) is -3.03. The summed E-state index contributed by atoms with van der Waals surface area (Å²) in [6, 6.07) is 0. The summed E-state index contributed by atoms with van der Waals surface area (Å²) in [7, 11) is -4.99. The van der Waals surface area contributed by atoms with Crippen molar-refractivity contribution in [2.24, 2.45) is 0 Å². The van der Waals surface area contributed by atoms with Crippen molar-refractivity contribution >= 4 is 22.1 Å². The summed E-state index contributed by atoms with van der Waals surface area (Å²) >= 11 is 0. The molecule has 0 rings (SSSR count). The zero-order valence-corrected chi connectivity index (χ0v) is 20.8. The molecule has 1 unspecified atom stereocenters. The van der Waals surface area contributed by atoms with Crippen LogP contribution in [0.4, 0.5) is 0 Å². The van der Waals surface area contributed by atoms with Crippen molar-refractivity contribution in [3.63, 3.8) is 0 Å². The molecule has 1 atom stereocenters. The molecular weight excluding hydrogens is 407 g/mol. The molecule has 0 heterocycles. The normalized spacial score (nSPS) is 13.2. The van der Waals surface area contributed by atoms with Crippen molar-refractivity contribution in [3.8, 4) is 0 Å². The largest absolute Gasteiger partial charge is 1.00 e. The molecule has 9 heteroatoms. The predicted molar refractivity (Wildman–Crippen MR) is 106 cm³/mol. The fraction of sp³-hybridized carbons (Fsp3) is 0.800. The molecule has 0 bridgehead atoms. The predicted octanol–water partition coefficient (Wildman–Crippen LogP) is 0.187. The first-order valence-electron chi connectivity index (χ1n) is 10.2. The Labute approximate surface area is 197 Å². The first-order valence-corrected chi connectivity index (χ1v) is 11.6. The van der Waals surface area contributed by atoms with Crippen LogP contribution in [0.3, 0.4) is 0 Å². The second kappa shape index (κ2) is 17.3. The Morgan fingerprint density at radius 3 is 1.83 bits per heavy atom. The standard InChI is InChI=1S/C20H36O7S.Na/c1-3-5-6-7-8-9-10-11-12-13-14-15-20(17-18(21)22,28(24,25)26)19(23)27-16-4-2;/h4H,2-3,5-17H2,1H3,(H,21,22)(H,24,25,26);/q;+1/p-1. The van der Waals surface area contributed by atoms with Crippen LogP contribution in [0, 0.1) is 0 Å². The van der Waals surface area contributed by atoms with Gasteiger partial charge in [0.1, 0.15) is 6.61 Å². The van der Waals surface area contributed by atoms with E-state index in [1.54, 1.807) is 0 Å². The third-order valence-electron chi connectivity index (χ3n) is 4.81. The maximum absolute atomic E-state index is 12.2. The number of rotatable bonds is 18. The van der Waals surface area contributed by atoms with E-state index in [-0.39, 0.29) is 49.0 Å². The molecule has 0 aliphatic rings. The van der Waals surface area contributed by atoms with Gasteiger partial charge in [0.2, 0.25) is 0 Å². The second-order valence-corrected chi connectivity index (χ2v) is 8.92. The molecule has 0 spiro atoms. The minimum atomic E-state index is -4.99. The quantitative estimate of drug-likeness (QED) is 0.106. The zero-order chi connectivity index (χ0) is 21.5. The smallest absolute Gasteiger partial charge is 0.550 e. The van der Waals surface area contributed by atoms with E-state index in [4.69, 9.17) is 4.74 Å². The first-order chi connectivity index (χ1) is 13.2. The van der Waals surface area contributed by atoms with Gasteiger partial charge in [-0.25, -0.2) is 0 Å². The summed E-state index contributed by atoms with van der Waals surface area (Å²) in [6.07, 6.45) is 11.0. The molecule has 0 aliphatic carbocycles. The molecule has 7 nitrogen and oxygen atoms in total. The summed E-state index contributed by atoms with van der Waals surface area (Å²) in [4.78, 5) is 23.2. The average Bonchev–Trinajstić information content (AvgIpc) is 2.61. The van der Waals surface area contributed by atoms with Gasteiger partial charge < -0.3 is 14.6 Å². The Kier molecular flexibility index (Phi) is 18.4. The number of hydrogen-bond acceptors (Lipinski definition) is 6. The maximum Gasteiger partial charge on any atom is 1.00 e. The van der Waals surface area contributed by atoms with Crippen LogP contribution in [0.5, 0.6) is 0 Å². The molecule has 0 saturated carbocycles. The third-order valence-corrected chi connectivity index (χ3v) is 6.31. The van der Waals surface area contributed by atoms with E-state index in [1.165, 1.54) is 38.2 Å². The molecule has 0 aliphatic heterocycles. The molecule has 164 valence electrons. The van der Waals surface area contributed by atoms with Crippen LogP contribution in [-0.2, 0) is 24.4 Å². The van der Waals surface area contributed by atoms with Gasteiger partial charge in [0.05, 0.1) is 0 Å². The molecule has 0 aromatic heterocycles. The summed E-state index contributed by atoms with van der Waals surface area (Å²) in [5, 5.41) is 11.0. The van der Waals surface area contributed by atoms with Gasteiger partial charge in [-0.1, -0.05) is 90.2 Å². The van der Waals surface area contributed by atoms with E-state index < -0.39 is 33.2 Å². The van der Waals surface area contributed by atoms with E-state index in [0.717, 1.165) is 25.7 Å². The maximum atomic E-state index is 12.2. The monoisotopic (exact) mass is 442 g/mol. The van der Waals surface area contributed by atoms with E-state index in [1.807, 2.05) is 0 Å². The van der Waals surface area contributed by atoms with Gasteiger partial charge in [0.15, 0.2) is 4.75 Å². The number of hydrogen-bond donors (Lipinski definition) is 1. The molecule has 0 aromatic carbocycles. The molecule has 0 radical (unpaired) electrons. The van der Waals surface area contributed by atoms with Crippen LogP contribution in [0.25, 0.3) is 0 Å². The molecule has 0 aromatic rings. The molecule has 0 fully saturated rings. The Bertz CT molecular complexity index is 577. The van der Waals surface area contributed by atoms with E-state index in [0.29, 0.717) is 6.42 Å². The van der Waals surface area contributed by atoms with Crippen molar-refractivity contribution in [2.45, 2.75) is 95.1 Å². The van der Waals surface area contributed by atoms with Crippen LogP contribution in [0.15, 0.2) is 12.7 Å². The molecular formula is C20H35NaO7S. The van der Waals surface area contributed by atoms with Gasteiger partial charge in [-0.15, -0.1) is 0 Å². The molecule has 1 N–H and O–H groups in total. The van der Waals surface area contributed by atoms with Crippen molar-refractivity contribution in [1.29, 1.82) is 0 Å². The number of carbonyl (C=O) groups excluding carboxylic acids is 2. The van der Waals surface area contributed by atoms with E-state index in [9.17, 15) is 27.7 Å². The van der Waals surface area contributed by atoms with Gasteiger partial charge in [-0.05, 0) is 6.42 Å².